The standard InChI is InChI=1S/C9H14N2O2/c10-8-3-1-7(2-4-8)9(11,5-12)6-13/h1-4,12-13H,5-6,10-11H2. The first-order valence-electron chi connectivity index (χ1n) is 3.99. The second-order valence-corrected chi connectivity index (χ2v) is 3.09. The van der Waals surface area contributed by atoms with Gasteiger partial charge in [-0.15, -0.1) is 0 Å². The fraction of sp³-hybridized carbons (Fsp3) is 0.333. The molecular weight excluding hydrogens is 168 g/mol. The molecule has 0 spiro atoms. The molecule has 0 saturated carbocycles. The Morgan fingerprint density at radius 3 is 1.92 bits per heavy atom. The molecule has 0 radical (unpaired) electrons. The van der Waals surface area contributed by atoms with Gasteiger partial charge in [0.05, 0.1) is 18.8 Å². The van der Waals surface area contributed by atoms with Gasteiger partial charge < -0.3 is 21.7 Å². The number of anilines is 1. The van der Waals surface area contributed by atoms with Gasteiger partial charge in [-0.25, -0.2) is 0 Å². The molecule has 1 aromatic carbocycles. The van der Waals surface area contributed by atoms with E-state index in [9.17, 15) is 0 Å². The van der Waals surface area contributed by atoms with Crippen LogP contribution in [0, 0.1) is 0 Å². The highest BCUT2D eigenvalue weighted by Gasteiger charge is 2.25. The van der Waals surface area contributed by atoms with Gasteiger partial charge in [-0.1, -0.05) is 12.1 Å². The van der Waals surface area contributed by atoms with Gasteiger partial charge in [0.15, 0.2) is 0 Å². The summed E-state index contributed by atoms with van der Waals surface area (Å²) >= 11 is 0. The molecule has 4 heteroatoms. The Balaban J connectivity index is 2.99. The van der Waals surface area contributed by atoms with Crippen molar-refractivity contribution in [3.8, 4) is 0 Å². The molecule has 0 aromatic heterocycles. The normalized spacial score (nSPS) is 11.6. The Labute approximate surface area is 76.8 Å². The maximum absolute atomic E-state index is 8.99. The molecule has 0 aliphatic rings. The van der Waals surface area contributed by atoms with E-state index in [1.165, 1.54) is 0 Å². The first-order valence-corrected chi connectivity index (χ1v) is 3.99. The fourth-order valence-electron chi connectivity index (χ4n) is 1.05. The molecule has 0 fully saturated rings. The Morgan fingerprint density at radius 2 is 1.54 bits per heavy atom. The summed E-state index contributed by atoms with van der Waals surface area (Å²) in [5.74, 6) is 0. The molecule has 0 atom stereocenters. The van der Waals surface area contributed by atoms with Crippen molar-refractivity contribution in [3.63, 3.8) is 0 Å². The van der Waals surface area contributed by atoms with Crippen molar-refractivity contribution < 1.29 is 10.2 Å². The molecule has 13 heavy (non-hydrogen) atoms. The first-order chi connectivity index (χ1) is 6.12. The minimum absolute atomic E-state index is 0.298. The lowest BCUT2D eigenvalue weighted by molar-refractivity contribution is 0.121. The molecule has 0 saturated heterocycles. The highest BCUT2D eigenvalue weighted by molar-refractivity contribution is 5.41. The lowest BCUT2D eigenvalue weighted by Gasteiger charge is -2.25. The van der Waals surface area contributed by atoms with Gasteiger partial charge in [0.2, 0.25) is 0 Å². The zero-order valence-corrected chi connectivity index (χ0v) is 7.27. The minimum Gasteiger partial charge on any atom is -0.399 e. The van der Waals surface area contributed by atoms with Crippen LogP contribution in [-0.2, 0) is 5.54 Å². The van der Waals surface area contributed by atoms with Crippen molar-refractivity contribution in [2.75, 3.05) is 18.9 Å². The van der Waals surface area contributed by atoms with Crippen LogP contribution in [0.3, 0.4) is 0 Å². The van der Waals surface area contributed by atoms with E-state index in [1.54, 1.807) is 24.3 Å². The fourth-order valence-corrected chi connectivity index (χ4v) is 1.05. The van der Waals surface area contributed by atoms with Gasteiger partial charge in [-0.2, -0.15) is 0 Å². The summed E-state index contributed by atoms with van der Waals surface area (Å²) < 4.78 is 0. The van der Waals surface area contributed by atoms with E-state index in [-0.39, 0.29) is 13.2 Å². The highest BCUT2D eigenvalue weighted by atomic mass is 16.3. The number of hydrogen-bond donors (Lipinski definition) is 4. The summed E-state index contributed by atoms with van der Waals surface area (Å²) in [5, 5.41) is 18.0. The number of aliphatic hydroxyl groups excluding tert-OH is 2. The van der Waals surface area contributed by atoms with E-state index in [1.807, 2.05) is 0 Å². The van der Waals surface area contributed by atoms with E-state index in [2.05, 4.69) is 0 Å². The number of benzene rings is 1. The topological polar surface area (TPSA) is 92.5 Å². The molecule has 1 aromatic rings. The van der Waals surface area contributed by atoms with Gasteiger partial charge in [0.25, 0.3) is 0 Å². The molecule has 72 valence electrons. The van der Waals surface area contributed by atoms with E-state index in [0.717, 1.165) is 0 Å². The zero-order chi connectivity index (χ0) is 9.90. The molecule has 0 unspecified atom stereocenters. The summed E-state index contributed by atoms with van der Waals surface area (Å²) in [5.41, 5.74) is 11.4. The van der Waals surface area contributed by atoms with Crippen molar-refractivity contribution in [3.05, 3.63) is 29.8 Å². The second-order valence-electron chi connectivity index (χ2n) is 3.09. The lowest BCUT2D eigenvalue weighted by Crippen LogP contribution is -2.44. The molecule has 0 heterocycles. The molecule has 1 rings (SSSR count). The third-order valence-electron chi connectivity index (χ3n) is 2.05. The predicted octanol–water partition coefficient (Wildman–Crippen LogP) is -0.593. The van der Waals surface area contributed by atoms with Crippen LogP contribution in [0.15, 0.2) is 24.3 Å². The van der Waals surface area contributed by atoms with Crippen molar-refractivity contribution in [1.82, 2.24) is 0 Å². The van der Waals surface area contributed by atoms with Crippen molar-refractivity contribution in [1.29, 1.82) is 0 Å². The van der Waals surface area contributed by atoms with Crippen LogP contribution >= 0.6 is 0 Å². The predicted molar refractivity (Wildman–Crippen MR) is 50.9 cm³/mol. The van der Waals surface area contributed by atoms with Gasteiger partial charge in [0.1, 0.15) is 0 Å². The van der Waals surface area contributed by atoms with E-state index in [0.29, 0.717) is 11.3 Å². The number of aliphatic hydroxyl groups is 2. The highest BCUT2D eigenvalue weighted by Crippen LogP contribution is 2.18. The summed E-state index contributed by atoms with van der Waals surface area (Å²) in [6.45, 7) is -0.596. The molecule has 4 nitrogen and oxygen atoms in total. The van der Waals surface area contributed by atoms with Crippen LogP contribution in [0.25, 0.3) is 0 Å². The van der Waals surface area contributed by atoms with Gasteiger partial charge >= 0.3 is 0 Å². The van der Waals surface area contributed by atoms with Crippen LogP contribution in [0.5, 0.6) is 0 Å². The minimum atomic E-state index is -1.08. The first kappa shape index (κ1) is 9.98. The Bertz CT molecular complexity index is 267. The Hall–Kier alpha value is -1.10. The molecular formula is C9H14N2O2. The monoisotopic (exact) mass is 182 g/mol. The van der Waals surface area contributed by atoms with Crippen LogP contribution < -0.4 is 11.5 Å². The third-order valence-corrected chi connectivity index (χ3v) is 2.05. The van der Waals surface area contributed by atoms with E-state index >= 15 is 0 Å². The number of rotatable bonds is 3. The lowest BCUT2D eigenvalue weighted by atomic mass is 9.93. The number of nitrogen functional groups attached to an aromatic ring is 1. The maximum Gasteiger partial charge on any atom is 0.0878 e. The van der Waals surface area contributed by atoms with E-state index < -0.39 is 5.54 Å². The summed E-state index contributed by atoms with van der Waals surface area (Å²) in [7, 11) is 0. The second kappa shape index (κ2) is 3.74. The zero-order valence-electron chi connectivity index (χ0n) is 7.27. The number of nitrogens with two attached hydrogens (primary N) is 2. The van der Waals surface area contributed by atoms with Crippen molar-refractivity contribution in [2.24, 2.45) is 5.73 Å². The molecule has 0 aliphatic heterocycles. The summed E-state index contributed by atoms with van der Waals surface area (Å²) in [6.07, 6.45) is 0. The Morgan fingerprint density at radius 1 is 1.08 bits per heavy atom. The van der Waals surface area contributed by atoms with Gasteiger partial charge in [0, 0.05) is 5.69 Å². The Kier molecular flexibility index (Phi) is 2.87. The maximum atomic E-state index is 8.99. The van der Waals surface area contributed by atoms with Crippen LogP contribution in [0.4, 0.5) is 5.69 Å². The molecule has 0 aliphatic carbocycles. The summed E-state index contributed by atoms with van der Waals surface area (Å²) in [4.78, 5) is 0. The average molecular weight is 182 g/mol. The molecule has 0 bridgehead atoms. The largest absolute Gasteiger partial charge is 0.399 e. The number of hydrogen-bond acceptors (Lipinski definition) is 4. The third kappa shape index (κ3) is 1.98. The molecule has 0 amide bonds. The smallest absolute Gasteiger partial charge is 0.0878 e. The quantitative estimate of drug-likeness (QED) is 0.470. The van der Waals surface area contributed by atoms with E-state index in [4.69, 9.17) is 21.7 Å². The molecule has 6 N–H and O–H groups in total. The SMILES string of the molecule is Nc1ccc(C(N)(CO)CO)cc1. The van der Waals surface area contributed by atoms with Gasteiger partial charge in [-0.05, 0) is 17.7 Å². The van der Waals surface area contributed by atoms with Crippen LogP contribution in [0.1, 0.15) is 5.56 Å². The average Bonchev–Trinajstić information content (AvgIpc) is 2.18. The van der Waals surface area contributed by atoms with Crippen molar-refractivity contribution in [2.45, 2.75) is 5.54 Å². The van der Waals surface area contributed by atoms with Crippen molar-refractivity contribution >= 4 is 5.69 Å². The van der Waals surface area contributed by atoms with Gasteiger partial charge in [-0.3, -0.25) is 0 Å². The summed E-state index contributed by atoms with van der Waals surface area (Å²) in [6, 6.07) is 6.76. The van der Waals surface area contributed by atoms with Crippen LogP contribution in [0.2, 0.25) is 0 Å². The van der Waals surface area contributed by atoms with Crippen LogP contribution in [-0.4, -0.2) is 23.4 Å².